The van der Waals surface area contributed by atoms with Gasteiger partial charge in [-0.25, -0.2) is 0 Å². The van der Waals surface area contributed by atoms with Crippen LogP contribution >= 0.6 is 0 Å². The number of ether oxygens (including phenoxy) is 1. The maximum Gasteiger partial charge on any atom is 0.119 e. The largest absolute Gasteiger partial charge is 0.491 e. The molecule has 108 valence electrons. The third kappa shape index (κ3) is 4.72. The molecular formula is C16H21NO3. The van der Waals surface area contributed by atoms with Crippen LogP contribution in [0.5, 0.6) is 5.75 Å². The van der Waals surface area contributed by atoms with Crippen LogP contribution in [-0.4, -0.2) is 36.3 Å². The lowest BCUT2D eigenvalue weighted by molar-refractivity contribution is 0.0725. The zero-order chi connectivity index (χ0) is 14.4. The number of hydrogen-bond donors (Lipinski definition) is 1. The van der Waals surface area contributed by atoms with Gasteiger partial charge in [0.15, 0.2) is 0 Å². The van der Waals surface area contributed by atoms with Gasteiger partial charge in [-0.1, -0.05) is 17.7 Å². The zero-order valence-electron chi connectivity index (χ0n) is 12.0. The van der Waals surface area contributed by atoms with Gasteiger partial charge in [0.1, 0.15) is 24.2 Å². The second kappa shape index (κ2) is 7.12. The third-order valence-corrected chi connectivity index (χ3v) is 2.99. The second-order valence-electron chi connectivity index (χ2n) is 5.05. The van der Waals surface area contributed by atoms with Crippen molar-refractivity contribution in [1.82, 2.24) is 4.90 Å². The molecule has 0 aliphatic heterocycles. The summed E-state index contributed by atoms with van der Waals surface area (Å²) in [5.74, 6) is 1.67. The Hall–Kier alpha value is -1.78. The van der Waals surface area contributed by atoms with E-state index in [4.69, 9.17) is 9.15 Å². The number of benzene rings is 1. The summed E-state index contributed by atoms with van der Waals surface area (Å²) in [5, 5.41) is 9.97. The van der Waals surface area contributed by atoms with Crippen LogP contribution in [0.1, 0.15) is 11.3 Å². The van der Waals surface area contributed by atoms with E-state index >= 15 is 0 Å². The highest BCUT2D eigenvalue weighted by molar-refractivity contribution is 5.26. The SMILES string of the molecule is Cc1ccc(OC[C@@H](O)CN(C)Cc2ccco2)cc1. The lowest BCUT2D eigenvalue weighted by atomic mass is 10.2. The van der Waals surface area contributed by atoms with E-state index in [0.717, 1.165) is 11.5 Å². The summed E-state index contributed by atoms with van der Waals surface area (Å²) in [7, 11) is 1.94. The number of aliphatic hydroxyl groups is 1. The Bertz CT molecular complexity index is 493. The third-order valence-electron chi connectivity index (χ3n) is 2.99. The fraction of sp³-hybridized carbons (Fsp3) is 0.375. The molecule has 1 heterocycles. The number of aryl methyl sites for hydroxylation is 1. The smallest absolute Gasteiger partial charge is 0.119 e. The minimum absolute atomic E-state index is 0.283. The predicted octanol–water partition coefficient (Wildman–Crippen LogP) is 2.46. The van der Waals surface area contributed by atoms with Gasteiger partial charge in [0.2, 0.25) is 0 Å². The summed E-state index contributed by atoms with van der Waals surface area (Å²) in [4.78, 5) is 2.00. The van der Waals surface area contributed by atoms with Crippen molar-refractivity contribution in [2.45, 2.75) is 19.6 Å². The van der Waals surface area contributed by atoms with Crippen LogP contribution in [-0.2, 0) is 6.54 Å². The minimum Gasteiger partial charge on any atom is -0.491 e. The quantitative estimate of drug-likeness (QED) is 0.843. The highest BCUT2D eigenvalue weighted by Crippen LogP contribution is 2.12. The van der Waals surface area contributed by atoms with Gasteiger partial charge in [0, 0.05) is 6.54 Å². The Morgan fingerprint density at radius 2 is 2.00 bits per heavy atom. The molecule has 2 rings (SSSR count). The van der Waals surface area contributed by atoms with Gasteiger partial charge >= 0.3 is 0 Å². The van der Waals surface area contributed by atoms with E-state index < -0.39 is 6.10 Å². The Morgan fingerprint density at radius 3 is 2.65 bits per heavy atom. The fourth-order valence-electron chi connectivity index (χ4n) is 1.97. The molecule has 2 aromatic rings. The molecule has 0 radical (unpaired) electrons. The molecule has 4 heteroatoms. The summed E-state index contributed by atoms with van der Waals surface area (Å²) in [5.41, 5.74) is 1.19. The maximum absolute atomic E-state index is 9.97. The van der Waals surface area contributed by atoms with Crippen LogP contribution < -0.4 is 4.74 Å². The molecule has 1 atom stereocenters. The Morgan fingerprint density at radius 1 is 1.25 bits per heavy atom. The van der Waals surface area contributed by atoms with E-state index in [-0.39, 0.29) is 6.61 Å². The number of rotatable bonds is 7. The second-order valence-corrected chi connectivity index (χ2v) is 5.05. The first-order valence-electron chi connectivity index (χ1n) is 6.72. The van der Waals surface area contributed by atoms with Crippen molar-refractivity contribution in [2.75, 3.05) is 20.2 Å². The van der Waals surface area contributed by atoms with Crippen LogP contribution in [0, 0.1) is 6.92 Å². The van der Waals surface area contributed by atoms with Gasteiger partial charge in [-0.3, -0.25) is 4.90 Å². The molecule has 0 spiro atoms. The summed E-state index contributed by atoms with van der Waals surface area (Å²) in [6.45, 7) is 3.52. The van der Waals surface area contributed by atoms with Gasteiger partial charge < -0.3 is 14.3 Å². The first-order chi connectivity index (χ1) is 9.63. The van der Waals surface area contributed by atoms with Crippen molar-refractivity contribution < 1.29 is 14.3 Å². The van der Waals surface area contributed by atoms with E-state index in [1.54, 1.807) is 6.26 Å². The van der Waals surface area contributed by atoms with Crippen molar-refractivity contribution in [3.63, 3.8) is 0 Å². The lowest BCUT2D eigenvalue weighted by Crippen LogP contribution is -2.32. The van der Waals surface area contributed by atoms with Crippen molar-refractivity contribution in [3.8, 4) is 5.75 Å². The molecule has 0 bridgehead atoms. The van der Waals surface area contributed by atoms with Crippen molar-refractivity contribution in [3.05, 3.63) is 54.0 Å². The molecule has 1 aromatic heterocycles. The van der Waals surface area contributed by atoms with Gasteiger partial charge in [0.25, 0.3) is 0 Å². The Kier molecular flexibility index (Phi) is 5.21. The standard InChI is InChI=1S/C16H21NO3/c1-13-5-7-15(8-6-13)20-12-14(18)10-17(2)11-16-4-3-9-19-16/h3-9,14,18H,10-12H2,1-2H3/t14-/m0/s1. The summed E-state index contributed by atoms with van der Waals surface area (Å²) in [6, 6.07) is 11.6. The highest BCUT2D eigenvalue weighted by atomic mass is 16.5. The molecule has 0 fully saturated rings. The maximum atomic E-state index is 9.97. The van der Waals surface area contributed by atoms with Crippen LogP contribution in [0.3, 0.4) is 0 Å². The molecule has 1 N–H and O–H groups in total. The van der Waals surface area contributed by atoms with E-state index in [0.29, 0.717) is 13.1 Å². The zero-order valence-corrected chi connectivity index (χ0v) is 12.0. The van der Waals surface area contributed by atoms with E-state index in [9.17, 15) is 5.11 Å². The van der Waals surface area contributed by atoms with Crippen molar-refractivity contribution >= 4 is 0 Å². The predicted molar refractivity (Wildman–Crippen MR) is 77.7 cm³/mol. The number of nitrogens with zero attached hydrogens (tertiary/aromatic N) is 1. The number of aliphatic hydroxyl groups excluding tert-OH is 1. The Balaban J connectivity index is 1.71. The van der Waals surface area contributed by atoms with Crippen molar-refractivity contribution in [2.24, 2.45) is 0 Å². The van der Waals surface area contributed by atoms with Crippen LogP contribution in [0.15, 0.2) is 47.1 Å². The van der Waals surface area contributed by atoms with Crippen LogP contribution in [0.2, 0.25) is 0 Å². The number of hydrogen-bond acceptors (Lipinski definition) is 4. The van der Waals surface area contributed by atoms with Gasteiger partial charge in [-0.05, 0) is 38.2 Å². The van der Waals surface area contributed by atoms with Gasteiger partial charge in [-0.15, -0.1) is 0 Å². The molecule has 0 amide bonds. The highest BCUT2D eigenvalue weighted by Gasteiger charge is 2.10. The normalized spacial score (nSPS) is 12.6. The van der Waals surface area contributed by atoms with E-state index in [1.165, 1.54) is 5.56 Å². The number of furan rings is 1. The van der Waals surface area contributed by atoms with Crippen molar-refractivity contribution in [1.29, 1.82) is 0 Å². The molecule has 20 heavy (non-hydrogen) atoms. The fourth-order valence-corrected chi connectivity index (χ4v) is 1.97. The summed E-state index contributed by atoms with van der Waals surface area (Å²) >= 11 is 0. The average molecular weight is 275 g/mol. The van der Waals surface area contributed by atoms with Crippen LogP contribution in [0.25, 0.3) is 0 Å². The molecule has 4 nitrogen and oxygen atoms in total. The van der Waals surface area contributed by atoms with Gasteiger partial charge in [0.05, 0.1) is 12.8 Å². The first kappa shape index (κ1) is 14.6. The first-order valence-corrected chi connectivity index (χ1v) is 6.72. The van der Waals surface area contributed by atoms with E-state index in [2.05, 4.69) is 0 Å². The molecule has 0 saturated carbocycles. The Labute approximate surface area is 119 Å². The monoisotopic (exact) mass is 275 g/mol. The van der Waals surface area contributed by atoms with Crippen LogP contribution in [0.4, 0.5) is 0 Å². The molecule has 0 aliphatic carbocycles. The molecule has 1 aromatic carbocycles. The lowest BCUT2D eigenvalue weighted by Gasteiger charge is -2.19. The molecule has 0 aliphatic rings. The summed E-state index contributed by atoms with van der Waals surface area (Å²) in [6.07, 6.45) is 1.12. The molecule has 0 saturated heterocycles. The molecular weight excluding hydrogens is 254 g/mol. The topological polar surface area (TPSA) is 45.8 Å². The number of likely N-dealkylation sites (N-methyl/N-ethyl adjacent to an activating group) is 1. The van der Waals surface area contributed by atoms with Gasteiger partial charge in [-0.2, -0.15) is 0 Å². The molecule has 0 unspecified atom stereocenters. The summed E-state index contributed by atoms with van der Waals surface area (Å²) < 4.78 is 10.8. The van der Waals surface area contributed by atoms with E-state index in [1.807, 2.05) is 55.3 Å². The average Bonchev–Trinajstić information content (AvgIpc) is 2.90. The minimum atomic E-state index is -0.531.